The van der Waals surface area contributed by atoms with Crippen LogP contribution < -0.4 is 0 Å². The summed E-state index contributed by atoms with van der Waals surface area (Å²) >= 11 is 3.45. The molecule has 4 heteroatoms. The molecular weight excluding hydrogens is 282 g/mol. The molecule has 1 heterocycles. The van der Waals surface area contributed by atoms with Crippen LogP contribution in [0.4, 0.5) is 0 Å². The zero-order valence-electron chi connectivity index (χ0n) is 10.2. The first-order valence-corrected chi connectivity index (χ1v) is 6.71. The molecule has 17 heavy (non-hydrogen) atoms. The highest BCUT2D eigenvalue weighted by molar-refractivity contribution is 9.10. The van der Waals surface area contributed by atoms with Crippen molar-refractivity contribution in [2.24, 2.45) is 0 Å². The van der Waals surface area contributed by atoms with Crippen LogP contribution >= 0.6 is 15.9 Å². The zero-order chi connectivity index (χ0) is 12.4. The van der Waals surface area contributed by atoms with Crippen molar-refractivity contribution >= 4 is 15.9 Å². The van der Waals surface area contributed by atoms with Crippen molar-refractivity contribution in [3.63, 3.8) is 0 Å². The standard InChI is InChI=1S/C13H18BrNO2/c1-9-8-17-6-5-15(9)10(2)12-7-11(14)3-4-13(12)16/h3-4,7,9-10,16H,5-6,8H2,1-2H3. The molecule has 1 fully saturated rings. The van der Waals surface area contributed by atoms with Gasteiger partial charge in [-0.2, -0.15) is 0 Å². The van der Waals surface area contributed by atoms with Crippen molar-refractivity contribution in [2.75, 3.05) is 19.8 Å². The molecule has 1 aromatic carbocycles. The summed E-state index contributed by atoms with van der Waals surface area (Å²) in [4.78, 5) is 2.37. The molecule has 1 N–H and O–H groups in total. The van der Waals surface area contributed by atoms with Crippen molar-refractivity contribution in [3.05, 3.63) is 28.2 Å². The molecule has 2 unspecified atom stereocenters. The Morgan fingerprint density at radius 3 is 3.00 bits per heavy atom. The van der Waals surface area contributed by atoms with Crippen LogP contribution in [0.3, 0.4) is 0 Å². The van der Waals surface area contributed by atoms with E-state index in [4.69, 9.17) is 4.74 Å². The van der Waals surface area contributed by atoms with Gasteiger partial charge in [-0.05, 0) is 32.0 Å². The van der Waals surface area contributed by atoms with Crippen LogP contribution in [-0.2, 0) is 4.74 Å². The van der Waals surface area contributed by atoms with Gasteiger partial charge in [-0.3, -0.25) is 4.90 Å². The second-order valence-corrected chi connectivity index (χ2v) is 5.46. The Morgan fingerprint density at radius 1 is 1.53 bits per heavy atom. The number of aromatic hydroxyl groups is 1. The largest absolute Gasteiger partial charge is 0.508 e. The average molecular weight is 300 g/mol. The fourth-order valence-corrected chi connectivity index (χ4v) is 2.73. The molecule has 3 nitrogen and oxygen atoms in total. The van der Waals surface area contributed by atoms with Crippen LogP contribution in [0.1, 0.15) is 25.5 Å². The quantitative estimate of drug-likeness (QED) is 0.911. The third-order valence-electron chi connectivity index (χ3n) is 3.36. The molecule has 0 bridgehead atoms. The van der Waals surface area contributed by atoms with E-state index in [0.717, 1.165) is 29.8 Å². The first kappa shape index (κ1) is 12.9. The van der Waals surface area contributed by atoms with E-state index >= 15 is 0 Å². The molecule has 0 saturated carbocycles. The summed E-state index contributed by atoms with van der Waals surface area (Å²) in [5.74, 6) is 0.361. The van der Waals surface area contributed by atoms with Gasteiger partial charge in [0.2, 0.25) is 0 Å². The number of phenols is 1. The van der Waals surface area contributed by atoms with Crippen LogP contribution in [0.15, 0.2) is 22.7 Å². The third kappa shape index (κ3) is 2.81. The van der Waals surface area contributed by atoms with Gasteiger partial charge in [0.15, 0.2) is 0 Å². The van der Waals surface area contributed by atoms with E-state index in [2.05, 4.69) is 34.7 Å². The maximum absolute atomic E-state index is 9.94. The smallest absolute Gasteiger partial charge is 0.120 e. The van der Waals surface area contributed by atoms with Gasteiger partial charge in [0.05, 0.1) is 13.2 Å². The normalized spacial score (nSPS) is 23.6. The molecular formula is C13H18BrNO2. The van der Waals surface area contributed by atoms with Gasteiger partial charge in [0.25, 0.3) is 0 Å². The molecule has 0 aliphatic carbocycles. The molecule has 0 aromatic heterocycles. The number of hydrogen-bond donors (Lipinski definition) is 1. The summed E-state index contributed by atoms with van der Waals surface area (Å²) in [6.45, 7) is 6.73. The minimum Gasteiger partial charge on any atom is -0.508 e. The molecule has 94 valence electrons. The second-order valence-electron chi connectivity index (χ2n) is 4.54. The van der Waals surface area contributed by atoms with Crippen LogP contribution in [0.5, 0.6) is 5.75 Å². The third-order valence-corrected chi connectivity index (χ3v) is 3.85. The molecule has 1 aromatic rings. The lowest BCUT2D eigenvalue weighted by molar-refractivity contribution is -0.0194. The Labute approximate surface area is 111 Å². The molecule has 1 saturated heterocycles. The summed E-state index contributed by atoms with van der Waals surface area (Å²) in [6.07, 6.45) is 0. The van der Waals surface area contributed by atoms with Gasteiger partial charge in [-0.15, -0.1) is 0 Å². The predicted molar refractivity (Wildman–Crippen MR) is 71.2 cm³/mol. The maximum Gasteiger partial charge on any atom is 0.120 e. The summed E-state index contributed by atoms with van der Waals surface area (Å²) < 4.78 is 6.44. The van der Waals surface area contributed by atoms with E-state index in [0.29, 0.717) is 11.8 Å². The fourth-order valence-electron chi connectivity index (χ4n) is 2.35. The minimum absolute atomic E-state index is 0.200. The van der Waals surface area contributed by atoms with Crippen molar-refractivity contribution in [1.29, 1.82) is 0 Å². The Morgan fingerprint density at radius 2 is 2.29 bits per heavy atom. The topological polar surface area (TPSA) is 32.7 Å². The van der Waals surface area contributed by atoms with Crippen LogP contribution in [0.25, 0.3) is 0 Å². The van der Waals surface area contributed by atoms with Crippen LogP contribution in [0, 0.1) is 0 Å². The number of halogens is 1. The average Bonchev–Trinajstić information content (AvgIpc) is 2.32. The van der Waals surface area contributed by atoms with Crippen molar-refractivity contribution in [2.45, 2.75) is 25.9 Å². The van der Waals surface area contributed by atoms with Gasteiger partial charge < -0.3 is 9.84 Å². The highest BCUT2D eigenvalue weighted by Crippen LogP contribution is 2.32. The van der Waals surface area contributed by atoms with Gasteiger partial charge >= 0.3 is 0 Å². The monoisotopic (exact) mass is 299 g/mol. The summed E-state index contributed by atoms with van der Waals surface area (Å²) in [7, 11) is 0. The lowest BCUT2D eigenvalue weighted by Gasteiger charge is -2.38. The Balaban J connectivity index is 2.23. The summed E-state index contributed by atoms with van der Waals surface area (Å²) in [5.41, 5.74) is 0.966. The number of benzene rings is 1. The van der Waals surface area contributed by atoms with Crippen LogP contribution in [0.2, 0.25) is 0 Å². The lowest BCUT2D eigenvalue weighted by Crippen LogP contribution is -2.44. The van der Waals surface area contributed by atoms with E-state index in [9.17, 15) is 5.11 Å². The Bertz CT molecular complexity index is 397. The summed E-state index contributed by atoms with van der Waals surface area (Å²) in [6, 6.07) is 6.17. The molecule has 0 amide bonds. The zero-order valence-corrected chi connectivity index (χ0v) is 11.8. The van der Waals surface area contributed by atoms with Gasteiger partial charge in [0, 0.05) is 28.7 Å². The number of rotatable bonds is 2. The SMILES string of the molecule is CC1COCCN1C(C)c1cc(Br)ccc1O. The fraction of sp³-hybridized carbons (Fsp3) is 0.538. The van der Waals surface area contributed by atoms with E-state index in [-0.39, 0.29) is 6.04 Å². The molecule has 0 radical (unpaired) electrons. The molecule has 1 aliphatic heterocycles. The molecule has 2 rings (SSSR count). The van der Waals surface area contributed by atoms with Crippen molar-refractivity contribution in [3.8, 4) is 5.75 Å². The van der Waals surface area contributed by atoms with Gasteiger partial charge in [0.1, 0.15) is 5.75 Å². The van der Waals surface area contributed by atoms with E-state index in [1.165, 1.54) is 0 Å². The van der Waals surface area contributed by atoms with Gasteiger partial charge in [-0.1, -0.05) is 15.9 Å². The predicted octanol–water partition coefficient (Wildman–Crippen LogP) is 2.94. The van der Waals surface area contributed by atoms with Crippen LogP contribution in [-0.4, -0.2) is 35.8 Å². The molecule has 1 aliphatic rings. The molecule has 0 spiro atoms. The first-order valence-electron chi connectivity index (χ1n) is 5.91. The van der Waals surface area contributed by atoms with Crippen molar-refractivity contribution < 1.29 is 9.84 Å². The number of hydrogen-bond acceptors (Lipinski definition) is 3. The maximum atomic E-state index is 9.94. The minimum atomic E-state index is 0.200. The van der Waals surface area contributed by atoms with Crippen molar-refractivity contribution in [1.82, 2.24) is 4.90 Å². The highest BCUT2D eigenvalue weighted by atomic mass is 79.9. The number of ether oxygens (including phenoxy) is 1. The van der Waals surface area contributed by atoms with Gasteiger partial charge in [-0.25, -0.2) is 0 Å². The Hall–Kier alpha value is -0.580. The first-order chi connectivity index (χ1) is 8.09. The number of morpholine rings is 1. The number of phenolic OH excluding ortho intramolecular Hbond substituents is 1. The lowest BCUT2D eigenvalue weighted by atomic mass is 10.0. The second kappa shape index (κ2) is 5.38. The molecule has 2 atom stereocenters. The summed E-state index contributed by atoms with van der Waals surface area (Å²) in [5, 5.41) is 9.94. The van der Waals surface area contributed by atoms with E-state index < -0.39 is 0 Å². The van der Waals surface area contributed by atoms with E-state index in [1.807, 2.05) is 12.1 Å². The highest BCUT2D eigenvalue weighted by Gasteiger charge is 2.26. The van der Waals surface area contributed by atoms with E-state index in [1.54, 1.807) is 6.07 Å². The number of nitrogens with zero attached hydrogens (tertiary/aromatic N) is 1. The Kier molecular flexibility index (Phi) is 4.07.